The molecule has 1 aliphatic rings. The Labute approximate surface area is 66.2 Å². The minimum atomic E-state index is -0.755. The van der Waals surface area contributed by atoms with Crippen LogP contribution in [0.3, 0.4) is 0 Å². The van der Waals surface area contributed by atoms with E-state index < -0.39 is 12.2 Å². The summed E-state index contributed by atoms with van der Waals surface area (Å²) in [5.74, 6) is 0. The number of aliphatic hydroxyl groups excluding tert-OH is 2. The minimum Gasteiger partial charge on any atom is -0.386 e. The van der Waals surface area contributed by atoms with Crippen LogP contribution < -0.4 is 0 Å². The standard InChI is InChI=1S/C9H12O2/c1-2-4-7-5-3-6-8(10)9(7)11/h2-3,5-6,8-11H,1,4H2/t8-,9+/m0/s1. The topological polar surface area (TPSA) is 40.5 Å². The average Bonchev–Trinajstić information content (AvgIpc) is 1.99. The first-order chi connectivity index (χ1) is 5.25. The largest absolute Gasteiger partial charge is 0.386 e. The summed E-state index contributed by atoms with van der Waals surface area (Å²) in [5, 5.41) is 18.5. The van der Waals surface area contributed by atoms with Crippen LogP contribution in [0.15, 0.2) is 36.5 Å². The Kier molecular flexibility index (Phi) is 2.63. The first-order valence-corrected chi connectivity index (χ1v) is 3.60. The van der Waals surface area contributed by atoms with Crippen LogP contribution in [0.2, 0.25) is 0 Å². The van der Waals surface area contributed by atoms with Gasteiger partial charge in [-0.25, -0.2) is 0 Å². The Morgan fingerprint density at radius 3 is 2.91 bits per heavy atom. The van der Waals surface area contributed by atoms with Crippen LogP contribution in [-0.2, 0) is 0 Å². The van der Waals surface area contributed by atoms with Gasteiger partial charge in [-0.1, -0.05) is 24.3 Å². The third-order valence-electron chi connectivity index (χ3n) is 1.70. The van der Waals surface area contributed by atoms with Crippen molar-refractivity contribution in [2.24, 2.45) is 0 Å². The van der Waals surface area contributed by atoms with Crippen LogP contribution >= 0.6 is 0 Å². The van der Waals surface area contributed by atoms with Gasteiger partial charge in [0.15, 0.2) is 0 Å². The second-order valence-electron chi connectivity index (χ2n) is 2.55. The Morgan fingerprint density at radius 1 is 1.55 bits per heavy atom. The summed E-state index contributed by atoms with van der Waals surface area (Å²) in [7, 11) is 0. The van der Waals surface area contributed by atoms with Crippen molar-refractivity contribution in [1.82, 2.24) is 0 Å². The second-order valence-corrected chi connectivity index (χ2v) is 2.55. The van der Waals surface area contributed by atoms with Crippen molar-refractivity contribution in [3.8, 4) is 0 Å². The molecule has 0 aliphatic heterocycles. The molecule has 2 atom stereocenters. The molecule has 0 aromatic heterocycles. The smallest absolute Gasteiger partial charge is 0.105 e. The van der Waals surface area contributed by atoms with Crippen LogP contribution in [0.4, 0.5) is 0 Å². The summed E-state index contributed by atoms with van der Waals surface area (Å²) in [6, 6.07) is 0. The molecule has 2 nitrogen and oxygen atoms in total. The lowest BCUT2D eigenvalue weighted by Gasteiger charge is -2.19. The van der Waals surface area contributed by atoms with Crippen molar-refractivity contribution in [1.29, 1.82) is 0 Å². The van der Waals surface area contributed by atoms with Gasteiger partial charge in [0.1, 0.15) is 12.2 Å². The van der Waals surface area contributed by atoms with Gasteiger partial charge in [-0.05, 0) is 12.0 Å². The molecule has 0 unspecified atom stereocenters. The Morgan fingerprint density at radius 2 is 2.27 bits per heavy atom. The zero-order valence-electron chi connectivity index (χ0n) is 6.27. The van der Waals surface area contributed by atoms with Gasteiger partial charge in [0, 0.05) is 0 Å². The van der Waals surface area contributed by atoms with Gasteiger partial charge >= 0.3 is 0 Å². The van der Waals surface area contributed by atoms with Crippen LogP contribution in [0.5, 0.6) is 0 Å². The van der Waals surface area contributed by atoms with E-state index in [1.54, 1.807) is 24.3 Å². The minimum absolute atomic E-state index is 0.628. The Hall–Kier alpha value is -0.860. The van der Waals surface area contributed by atoms with Gasteiger partial charge < -0.3 is 10.2 Å². The highest BCUT2D eigenvalue weighted by Crippen LogP contribution is 2.16. The molecule has 2 N–H and O–H groups in total. The highest BCUT2D eigenvalue weighted by Gasteiger charge is 2.18. The third-order valence-corrected chi connectivity index (χ3v) is 1.70. The number of hydrogen-bond acceptors (Lipinski definition) is 2. The first-order valence-electron chi connectivity index (χ1n) is 3.60. The summed E-state index contributed by atoms with van der Waals surface area (Å²) >= 11 is 0. The summed E-state index contributed by atoms with van der Waals surface area (Å²) in [5.41, 5.74) is 0.815. The van der Waals surface area contributed by atoms with E-state index in [1.807, 2.05) is 0 Å². The number of rotatable bonds is 2. The summed E-state index contributed by atoms with van der Waals surface area (Å²) in [6.07, 6.45) is 5.95. The lowest BCUT2D eigenvalue weighted by atomic mass is 9.97. The predicted molar refractivity (Wildman–Crippen MR) is 44.1 cm³/mol. The predicted octanol–water partition coefficient (Wildman–Crippen LogP) is 0.780. The molecule has 0 aromatic rings. The van der Waals surface area contributed by atoms with Crippen molar-refractivity contribution < 1.29 is 10.2 Å². The fourth-order valence-electron chi connectivity index (χ4n) is 1.07. The van der Waals surface area contributed by atoms with Gasteiger partial charge in [-0.3, -0.25) is 0 Å². The van der Waals surface area contributed by atoms with E-state index in [1.165, 1.54) is 0 Å². The van der Waals surface area contributed by atoms with Crippen molar-refractivity contribution in [3.63, 3.8) is 0 Å². The van der Waals surface area contributed by atoms with Crippen LogP contribution in [0.1, 0.15) is 6.42 Å². The lowest BCUT2D eigenvalue weighted by Crippen LogP contribution is -2.27. The quantitative estimate of drug-likeness (QED) is 0.574. The van der Waals surface area contributed by atoms with E-state index in [0.29, 0.717) is 6.42 Å². The molecular weight excluding hydrogens is 140 g/mol. The van der Waals surface area contributed by atoms with Crippen LogP contribution in [0, 0.1) is 0 Å². The van der Waals surface area contributed by atoms with E-state index in [-0.39, 0.29) is 0 Å². The van der Waals surface area contributed by atoms with Crippen LogP contribution in [-0.4, -0.2) is 22.4 Å². The van der Waals surface area contributed by atoms with Gasteiger partial charge in [-0.2, -0.15) is 0 Å². The van der Waals surface area contributed by atoms with Crippen molar-refractivity contribution in [2.45, 2.75) is 18.6 Å². The molecule has 2 heteroatoms. The van der Waals surface area contributed by atoms with E-state index in [9.17, 15) is 5.11 Å². The van der Waals surface area contributed by atoms with E-state index >= 15 is 0 Å². The van der Waals surface area contributed by atoms with Crippen molar-refractivity contribution >= 4 is 0 Å². The van der Waals surface area contributed by atoms with Crippen molar-refractivity contribution in [2.75, 3.05) is 0 Å². The summed E-state index contributed by atoms with van der Waals surface area (Å²) in [6.45, 7) is 3.56. The summed E-state index contributed by atoms with van der Waals surface area (Å²) < 4.78 is 0. The average molecular weight is 152 g/mol. The molecule has 0 saturated heterocycles. The molecule has 0 aromatic carbocycles. The van der Waals surface area contributed by atoms with E-state index in [2.05, 4.69) is 6.58 Å². The maximum Gasteiger partial charge on any atom is 0.105 e. The van der Waals surface area contributed by atoms with Gasteiger partial charge in [-0.15, -0.1) is 6.58 Å². The van der Waals surface area contributed by atoms with Gasteiger partial charge in [0.2, 0.25) is 0 Å². The molecule has 11 heavy (non-hydrogen) atoms. The molecule has 0 saturated carbocycles. The van der Waals surface area contributed by atoms with Gasteiger partial charge in [0.25, 0.3) is 0 Å². The zero-order valence-corrected chi connectivity index (χ0v) is 6.27. The molecule has 0 spiro atoms. The molecule has 0 bridgehead atoms. The number of aliphatic hydroxyl groups is 2. The third kappa shape index (κ3) is 1.79. The van der Waals surface area contributed by atoms with Crippen molar-refractivity contribution in [3.05, 3.63) is 36.5 Å². The molecule has 60 valence electrons. The molecule has 1 rings (SSSR count). The molecule has 1 aliphatic carbocycles. The molecule has 0 fully saturated rings. The Bertz CT molecular complexity index is 204. The van der Waals surface area contributed by atoms with Gasteiger partial charge in [0.05, 0.1) is 0 Å². The second kappa shape index (κ2) is 3.51. The monoisotopic (exact) mass is 152 g/mol. The fourth-order valence-corrected chi connectivity index (χ4v) is 1.07. The Balaban J connectivity index is 2.69. The highest BCUT2D eigenvalue weighted by molar-refractivity contribution is 5.26. The van der Waals surface area contributed by atoms with E-state index in [0.717, 1.165) is 5.57 Å². The van der Waals surface area contributed by atoms with E-state index in [4.69, 9.17) is 5.11 Å². The SMILES string of the molecule is C=CCC1=CC=C[C@H](O)[C@@H]1O. The molecule has 0 amide bonds. The maximum atomic E-state index is 9.35. The highest BCUT2D eigenvalue weighted by atomic mass is 16.3. The molecule has 0 heterocycles. The zero-order chi connectivity index (χ0) is 8.27. The lowest BCUT2D eigenvalue weighted by molar-refractivity contribution is 0.0702. The van der Waals surface area contributed by atoms with Crippen LogP contribution in [0.25, 0.3) is 0 Å². The maximum absolute atomic E-state index is 9.35. The number of allylic oxidation sites excluding steroid dienone is 3. The normalized spacial score (nSPS) is 29.8. The fraction of sp³-hybridized carbons (Fsp3) is 0.333. The first kappa shape index (κ1) is 8.24. The molecule has 0 radical (unpaired) electrons. The number of hydrogen-bond donors (Lipinski definition) is 2. The molecular formula is C9H12O2. The summed E-state index contributed by atoms with van der Waals surface area (Å²) in [4.78, 5) is 0.